The molecule has 0 saturated heterocycles. The minimum absolute atomic E-state index is 0.0767. The molecule has 2 atom stereocenters. The number of benzene rings is 2. The SMILES string of the molecule is CC[C@H](Oc1ccc(N(C)S(C)(=O)=O)cc1)C(=O)N[C@H](CC)c1ccccc1C. The number of hydrogen-bond donors (Lipinski definition) is 1. The van der Waals surface area contributed by atoms with Crippen molar-refractivity contribution in [2.45, 2.75) is 45.8 Å². The molecule has 2 aromatic rings. The summed E-state index contributed by atoms with van der Waals surface area (Å²) in [5, 5.41) is 3.09. The fourth-order valence-electron chi connectivity index (χ4n) is 3.05. The molecule has 2 aromatic carbocycles. The first-order chi connectivity index (χ1) is 13.7. The maximum atomic E-state index is 12.8. The third kappa shape index (κ3) is 5.97. The zero-order valence-electron chi connectivity index (χ0n) is 17.7. The lowest BCUT2D eigenvalue weighted by molar-refractivity contribution is -0.128. The van der Waals surface area contributed by atoms with Gasteiger partial charge in [0, 0.05) is 7.05 Å². The van der Waals surface area contributed by atoms with Crippen LogP contribution in [0.3, 0.4) is 0 Å². The normalized spacial score (nSPS) is 13.4. The topological polar surface area (TPSA) is 75.7 Å². The van der Waals surface area contributed by atoms with Crippen molar-refractivity contribution in [3.8, 4) is 5.75 Å². The van der Waals surface area contributed by atoms with Gasteiger partial charge in [-0.25, -0.2) is 8.42 Å². The van der Waals surface area contributed by atoms with E-state index in [0.29, 0.717) is 17.9 Å². The molecule has 0 saturated carbocycles. The zero-order valence-corrected chi connectivity index (χ0v) is 18.5. The van der Waals surface area contributed by atoms with Gasteiger partial charge in [0.15, 0.2) is 6.10 Å². The molecule has 0 aliphatic heterocycles. The Hall–Kier alpha value is -2.54. The van der Waals surface area contributed by atoms with E-state index in [1.54, 1.807) is 24.3 Å². The summed E-state index contributed by atoms with van der Waals surface area (Å²) in [6, 6.07) is 14.6. The van der Waals surface area contributed by atoms with E-state index < -0.39 is 16.1 Å². The van der Waals surface area contributed by atoms with Crippen LogP contribution in [-0.2, 0) is 14.8 Å². The Kier molecular flexibility index (Phi) is 7.67. The highest BCUT2D eigenvalue weighted by Gasteiger charge is 2.23. The first kappa shape index (κ1) is 22.7. The summed E-state index contributed by atoms with van der Waals surface area (Å²) in [4.78, 5) is 12.8. The minimum Gasteiger partial charge on any atom is -0.481 e. The van der Waals surface area contributed by atoms with Crippen molar-refractivity contribution in [3.63, 3.8) is 0 Å². The third-order valence-electron chi connectivity index (χ3n) is 4.93. The number of rotatable bonds is 9. The summed E-state index contributed by atoms with van der Waals surface area (Å²) in [6.45, 7) is 5.97. The average molecular weight is 419 g/mol. The van der Waals surface area contributed by atoms with E-state index in [1.807, 2.05) is 45.0 Å². The van der Waals surface area contributed by atoms with Crippen molar-refractivity contribution in [2.24, 2.45) is 0 Å². The molecule has 158 valence electrons. The van der Waals surface area contributed by atoms with E-state index in [1.165, 1.54) is 11.4 Å². The summed E-state index contributed by atoms with van der Waals surface area (Å²) in [5.41, 5.74) is 2.77. The van der Waals surface area contributed by atoms with E-state index >= 15 is 0 Å². The summed E-state index contributed by atoms with van der Waals surface area (Å²) in [6.07, 6.45) is 1.81. The van der Waals surface area contributed by atoms with Crippen LogP contribution in [0.5, 0.6) is 5.75 Å². The van der Waals surface area contributed by atoms with Crippen molar-refractivity contribution in [1.29, 1.82) is 0 Å². The molecule has 0 unspecified atom stereocenters. The minimum atomic E-state index is -3.33. The quantitative estimate of drug-likeness (QED) is 0.672. The molecule has 29 heavy (non-hydrogen) atoms. The van der Waals surface area contributed by atoms with Gasteiger partial charge in [0.05, 0.1) is 18.0 Å². The Morgan fingerprint density at radius 1 is 1.07 bits per heavy atom. The lowest BCUT2D eigenvalue weighted by atomic mass is 9.99. The Labute approximate surface area is 173 Å². The van der Waals surface area contributed by atoms with Crippen LogP contribution in [0.25, 0.3) is 0 Å². The van der Waals surface area contributed by atoms with Crippen molar-refractivity contribution in [1.82, 2.24) is 5.32 Å². The first-order valence-corrected chi connectivity index (χ1v) is 11.6. The summed E-state index contributed by atoms with van der Waals surface area (Å²) in [5.74, 6) is 0.349. The van der Waals surface area contributed by atoms with E-state index in [9.17, 15) is 13.2 Å². The average Bonchev–Trinajstić information content (AvgIpc) is 2.70. The van der Waals surface area contributed by atoms with Gasteiger partial charge < -0.3 is 10.1 Å². The molecule has 0 spiro atoms. The second kappa shape index (κ2) is 9.78. The number of aryl methyl sites for hydroxylation is 1. The van der Waals surface area contributed by atoms with Crippen molar-refractivity contribution >= 4 is 21.6 Å². The number of sulfonamides is 1. The lowest BCUT2D eigenvalue weighted by Gasteiger charge is -2.24. The molecule has 1 N–H and O–H groups in total. The number of carbonyl (C=O) groups is 1. The van der Waals surface area contributed by atoms with Crippen LogP contribution in [0.4, 0.5) is 5.69 Å². The fraction of sp³-hybridized carbons (Fsp3) is 0.409. The van der Waals surface area contributed by atoms with E-state index in [0.717, 1.165) is 23.8 Å². The van der Waals surface area contributed by atoms with Crippen molar-refractivity contribution < 1.29 is 17.9 Å². The van der Waals surface area contributed by atoms with Gasteiger partial charge in [0.2, 0.25) is 10.0 Å². The summed E-state index contributed by atoms with van der Waals surface area (Å²) in [7, 11) is -1.84. The van der Waals surface area contributed by atoms with E-state index in [-0.39, 0.29) is 11.9 Å². The van der Waals surface area contributed by atoms with Crippen LogP contribution in [0.15, 0.2) is 48.5 Å². The zero-order chi connectivity index (χ0) is 21.6. The van der Waals surface area contributed by atoms with Gasteiger partial charge in [-0.2, -0.15) is 0 Å². The number of ether oxygens (including phenoxy) is 1. The Balaban J connectivity index is 2.09. The van der Waals surface area contributed by atoms with Gasteiger partial charge in [-0.15, -0.1) is 0 Å². The third-order valence-corrected chi connectivity index (χ3v) is 6.13. The molecular formula is C22H30N2O4S. The smallest absolute Gasteiger partial charge is 0.261 e. The molecule has 6 nitrogen and oxygen atoms in total. The van der Waals surface area contributed by atoms with Crippen LogP contribution in [0.1, 0.15) is 43.9 Å². The number of hydrogen-bond acceptors (Lipinski definition) is 4. The van der Waals surface area contributed by atoms with Gasteiger partial charge in [0.25, 0.3) is 5.91 Å². The molecule has 7 heteroatoms. The standard InChI is InChI=1S/C22H30N2O4S/c1-6-20(19-11-9-8-10-16(19)3)23-22(25)21(7-2)28-18-14-12-17(13-15-18)24(4)29(5,26)27/h8-15,20-21H,6-7H2,1-5H3,(H,23,25)/t20-,21+/m1/s1. The molecular weight excluding hydrogens is 388 g/mol. The molecule has 0 bridgehead atoms. The van der Waals surface area contributed by atoms with Gasteiger partial charge in [0.1, 0.15) is 5.75 Å². The second-order valence-corrected chi connectivity index (χ2v) is 9.08. The van der Waals surface area contributed by atoms with Crippen LogP contribution < -0.4 is 14.4 Å². The number of nitrogens with zero attached hydrogens (tertiary/aromatic N) is 1. The van der Waals surface area contributed by atoms with Gasteiger partial charge >= 0.3 is 0 Å². The van der Waals surface area contributed by atoms with Crippen molar-refractivity contribution in [3.05, 3.63) is 59.7 Å². The number of carbonyl (C=O) groups excluding carboxylic acids is 1. The van der Waals surface area contributed by atoms with Crippen LogP contribution in [0, 0.1) is 6.92 Å². The second-order valence-electron chi connectivity index (χ2n) is 7.07. The number of amides is 1. The molecule has 2 rings (SSSR count). The molecule has 0 radical (unpaired) electrons. The molecule has 0 aliphatic carbocycles. The lowest BCUT2D eigenvalue weighted by Crippen LogP contribution is -2.40. The van der Waals surface area contributed by atoms with Crippen molar-refractivity contribution in [2.75, 3.05) is 17.6 Å². The summed E-state index contributed by atoms with van der Waals surface area (Å²) >= 11 is 0. The highest BCUT2D eigenvalue weighted by atomic mass is 32.2. The van der Waals surface area contributed by atoms with Crippen LogP contribution in [-0.4, -0.2) is 33.7 Å². The Morgan fingerprint density at radius 3 is 2.21 bits per heavy atom. The molecule has 0 heterocycles. The first-order valence-electron chi connectivity index (χ1n) is 9.73. The van der Waals surface area contributed by atoms with Crippen LogP contribution >= 0.6 is 0 Å². The van der Waals surface area contributed by atoms with Gasteiger partial charge in [-0.05, 0) is 55.2 Å². The molecule has 0 fully saturated rings. The largest absolute Gasteiger partial charge is 0.481 e. The maximum Gasteiger partial charge on any atom is 0.261 e. The predicted octanol–water partition coefficient (Wildman–Crippen LogP) is 3.82. The summed E-state index contributed by atoms with van der Waals surface area (Å²) < 4.78 is 30.4. The number of anilines is 1. The molecule has 1 amide bonds. The fourth-order valence-corrected chi connectivity index (χ4v) is 3.56. The molecule has 0 aromatic heterocycles. The van der Waals surface area contributed by atoms with E-state index in [4.69, 9.17) is 4.74 Å². The Morgan fingerprint density at radius 2 is 1.69 bits per heavy atom. The highest BCUT2D eigenvalue weighted by Crippen LogP contribution is 2.23. The monoisotopic (exact) mass is 418 g/mol. The number of nitrogens with one attached hydrogen (secondary N) is 1. The molecule has 0 aliphatic rings. The van der Waals surface area contributed by atoms with Gasteiger partial charge in [-0.1, -0.05) is 38.1 Å². The Bertz CT molecular complexity index is 926. The van der Waals surface area contributed by atoms with E-state index in [2.05, 4.69) is 5.32 Å². The maximum absolute atomic E-state index is 12.8. The highest BCUT2D eigenvalue weighted by molar-refractivity contribution is 7.92. The van der Waals surface area contributed by atoms with Crippen LogP contribution in [0.2, 0.25) is 0 Å². The predicted molar refractivity (Wildman–Crippen MR) is 117 cm³/mol. The van der Waals surface area contributed by atoms with Gasteiger partial charge in [-0.3, -0.25) is 9.10 Å².